The Morgan fingerprint density at radius 3 is 2.86 bits per heavy atom. The van der Waals surface area contributed by atoms with Gasteiger partial charge in [-0.15, -0.1) is 11.3 Å². The van der Waals surface area contributed by atoms with Crippen molar-refractivity contribution in [3.63, 3.8) is 0 Å². The molecule has 5 heterocycles. The highest BCUT2D eigenvalue weighted by Crippen LogP contribution is 2.34. The molecule has 11 heteroatoms. The first kappa shape index (κ1) is 18.0. The van der Waals surface area contributed by atoms with Gasteiger partial charge in [-0.1, -0.05) is 11.6 Å². The molecule has 8 nitrogen and oxygen atoms in total. The Kier molecular flexibility index (Phi) is 4.20. The molecule has 0 aromatic carbocycles. The van der Waals surface area contributed by atoms with E-state index in [4.69, 9.17) is 11.6 Å². The SMILES string of the molecule is Cc1cc2ncnn2cc1C1CCN(S(=O)(=O)c2c(Cl)nc3sccn23)CC1. The summed E-state index contributed by atoms with van der Waals surface area (Å²) in [5, 5.41) is 6.10. The maximum absolute atomic E-state index is 13.2. The second-order valence-corrected chi connectivity index (χ2v) is 10.0. The van der Waals surface area contributed by atoms with Crippen molar-refractivity contribution in [1.82, 2.24) is 28.3 Å². The largest absolute Gasteiger partial charge is 0.279 e. The van der Waals surface area contributed by atoms with Crippen LogP contribution in [0.25, 0.3) is 10.6 Å². The Bertz CT molecular complexity index is 1280. The molecule has 1 aliphatic rings. The smallest absolute Gasteiger partial charge is 0.262 e. The van der Waals surface area contributed by atoms with E-state index >= 15 is 0 Å². The summed E-state index contributed by atoms with van der Waals surface area (Å²) in [5.74, 6) is 0.280. The number of aryl methyl sites for hydroxylation is 1. The fourth-order valence-corrected chi connectivity index (χ4v) is 6.77. The van der Waals surface area contributed by atoms with Crippen LogP contribution in [0.5, 0.6) is 0 Å². The summed E-state index contributed by atoms with van der Waals surface area (Å²) in [6, 6.07) is 2.02. The van der Waals surface area contributed by atoms with Gasteiger partial charge in [0.05, 0.1) is 0 Å². The van der Waals surface area contributed by atoms with Gasteiger partial charge < -0.3 is 0 Å². The van der Waals surface area contributed by atoms with E-state index in [2.05, 4.69) is 22.0 Å². The molecular weight excluding hydrogens is 420 g/mol. The number of aromatic nitrogens is 5. The number of hydrogen-bond acceptors (Lipinski definition) is 6. The van der Waals surface area contributed by atoms with Gasteiger partial charge in [-0.2, -0.15) is 9.40 Å². The van der Waals surface area contributed by atoms with Crippen molar-refractivity contribution in [1.29, 1.82) is 0 Å². The van der Waals surface area contributed by atoms with Crippen LogP contribution in [0.15, 0.2) is 35.2 Å². The number of rotatable bonds is 3. The van der Waals surface area contributed by atoms with Gasteiger partial charge in [-0.05, 0) is 42.9 Å². The van der Waals surface area contributed by atoms with Gasteiger partial charge in [-0.3, -0.25) is 4.40 Å². The first-order valence-electron chi connectivity index (χ1n) is 8.86. The topological polar surface area (TPSA) is 84.9 Å². The zero-order valence-corrected chi connectivity index (χ0v) is 17.4. The summed E-state index contributed by atoms with van der Waals surface area (Å²) in [6.45, 7) is 2.94. The van der Waals surface area contributed by atoms with Gasteiger partial charge in [0.25, 0.3) is 10.0 Å². The summed E-state index contributed by atoms with van der Waals surface area (Å²) in [6.07, 6.45) is 6.71. The molecule has 4 aromatic rings. The van der Waals surface area contributed by atoms with Gasteiger partial charge in [-0.25, -0.2) is 22.9 Å². The zero-order chi connectivity index (χ0) is 19.5. The number of hydrogen-bond donors (Lipinski definition) is 0. The van der Waals surface area contributed by atoms with Crippen molar-refractivity contribution in [2.45, 2.75) is 30.7 Å². The van der Waals surface area contributed by atoms with E-state index in [9.17, 15) is 8.42 Å². The summed E-state index contributed by atoms with van der Waals surface area (Å²) >= 11 is 7.51. The zero-order valence-electron chi connectivity index (χ0n) is 15.0. The number of imidazole rings is 1. The first-order valence-corrected chi connectivity index (χ1v) is 11.6. The lowest BCUT2D eigenvalue weighted by Gasteiger charge is -2.31. The predicted molar refractivity (Wildman–Crippen MR) is 107 cm³/mol. The Labute approximate surface area is 170 Å². The highest BCUT2D eigenvalue weighted by atomic mass is 35.5. The monoisotopic (exact) mass is 436 g/mol. The average Bonchev–Trinajstić information content (AvgIpc) is 3.36. The van der Waals surface area contributed by atoms with Gasteiger partial charge in [0.1, 0.15) is 6.33 Å². The third-order valence-electron chi connectivity index (χ3n) is 5.32. The highest BCUT2D eigenvalue weighted by Gasteiger charge is 2.35. The van der Waals surface area contributed by atoms with Crippen LogP contribution in [0.3, 0.4) is 0 Å². The molecule has 0 N–H and O–H groups in total. The number of sulfonamides is 1. The van der Waals surface area contributed by atoms with E-state index in [-0.39, 0.29) is 16.1 Å². The molecule has 0 saturated carbocycles. The Balaban J connectivity index is 1.41. The lowest BCUT2D eigenvalue weighted by atomic mass is 9.89. The Hall–Kier alpha value is -2.01. The number of pyridine rings is 1. The van der Waals surface area contributed by atoms with Crippen LogP contribution < -0.4 is 0 Å². The average molecular weight is 437 g/mol. The van der Waals surface area contributed by atoms with Crippen molar-refractivity contribution >= 4 is 43.6 Å². The molecule has 1 fully saturated rings. The molecule has 5 rings (SSSR count). The minimum absolute atomic E-state index is 0.0291. The molecule has 0 bridgehead atoms. The summed E-state index contributed by atoms with van der Waals surface area (Å²) in [4.78, 5) is 8.95. The second-order valence-electron chi connectivity index (χ2n) is 6.92. The van der Waals surface area contributed by atoms with Crippen LogP contribution in [0, 0.1) is 6.92 Å². The third-order valence-corrected chi connectivity index (χ3v) is 8.38. The lowest BCUT2D eigenvalue weighted by molar-refractivity contribution is 0.317. The van der Waals surface area contributed by atoms with E-state index in [1.54, 1.807) is 20.5 Å². The molecule has 4 aromatic heterocycles. The number of piperidine rings is 1. The van der Waals surface area contributed by atoms with Crippen molar-refractivity contribution in [3.8, 4) is 0 Å². The van der Waals surface area contributed by atoms with Crippen LogP contribution in [-0.2, 0) is 10.0 Å². The number of halogens is 1. The van der Waals surface area contributed by atoms with E-state index in [0.717, 1.165) is 24.1 Å². The molecular formula is C17H17ClN6O2S2. The molecule has 0 unspecified atom stereocenters. The second kappa shape index (κ2) is 6.51. The standard InChI is InChI=1S/C17H17ClN6O2S2/c1-11-8-14-19-10-20-24(14)9-13(11)12-2-4-22(5-3-12)28(25,26)16-15(18)21-17-23(16)6-7-27-17/h6-10,12H,2-5H2,1H3. The maximum atomic E-state index is 13.2. The van der Waals surface area contributed by atoms with Crippen LogP contribution in [0.1, 0.15) is 29.9 Å². The van der Waals surface area contributed by atoms with Crippen molar-refractivity contribution in [2.24, 2.45) is 0 Å². The van der Waals surface area contributed by atoms with Gasteiger partial charge in [0.15, 0.2) is 20.8 Å². The van der Waals surface area contributed by atoms with E-state index < -0.39 is 10.0 Å². The molecule has 0 radical (unpaired) electrons. The molecule has 146 valence electrons. The normalized spacial score (nSPS) is 17.1. The molecule has 0 spiro atoms. The Morgan fingerprint density at radius 1 is 1.29 bits per heavy atom. The van der Waals surface area contributed by atoms with Crippen molar-refractivity contribution in [3.05, 3.63) is 46.4 Å². The maximum Gasteiger partial charge on any atom is 0.262 e. The molecule has 0 amide bonds. The Morgan fingerprint density at radius 2 is 2.07 bits per heavy atom. The molecule has 1 saturated heterocycles. The fraction of sp³-hybridized carbons (Fsp3) is 0.353. The predicted octanol–water partition coefficient (Wildman–Crippen LogP) is 2.97. The van der Waals surface area contributed by atoms with E-state index in [1.807, 2.05) is 12.3 Å². The van der Waals surface area contributed by atoms with Crippen molar-refractivity contribution < 1.29 is 8.42 Å². The molecule has 0 atom stereocenters. The van der Waals surface area contributed by atoms with Crippen LogP contribution in [-0.4, -0.2) is 49.8 Å². The van der Waals surface area contributed by atoms with E-state index in [1.165, 1.54) is 27.5 Å². The molecule has 0 aliphatic carbocycles. The number of fused-ring (bicyclic) bond motifs is 2. The number of thiazole rings is 1. The number of nitrogens with zero attached hydrogens (tertiary/aromatic N) is 6. The third kappa shape index (κ3) is 2.74. The minimum atomic E-state index is -3.71. The first-order chi connectivity index (χ1) is 13.4. The summed E-state index contributed by atoms with van der Waals surface area (Å²) in [7, 11) is -3.71. The molecule has 28 heavy (non-hydrogen) atoms. The highest BCUT2D eigenvalue weighted by molar-refractivity contribution is 7.89. The van der Waals surface area contributed by atoms with Gasteiger partial charge >= 0.3 is 0 Å². The fourth-order valence-electron chi connectivity index (χ4n) is 3.90. The van der Waals surface area contributed by atoms with Crippen LogP contribution >= 0.6 is 22.9 Å². The van der Waals surface area contributed by atoms with Crippen molar-refractivity contribution in [2.75, 3.05) is 13.1 Å². The van der Waals surface area contributed by atoms with E-state index in [0.29, 0.717) is 18.1 Å². The van der Waals surface area contributed by atoms with Crippen LogP contribution in [0.2, 0.25) is 5.15 Å². The van der Waals surface area contributed by atoms with Gasteiger partial charge in [0, 0.05) is 30.9 Å². The van der Waals surface area contributed by atoms with Crippen LogP contribution in [0.4, 0.5) is 0 Å². The van der Waals surface area contributed by atoms with Gasteiger partial charge in [0.2, 0.25) is 0 Å². The lowest BCUT2D eigenvalue weighted by Crippen LogP contribution is -2.38. The summed E-state index contributed by atoms with van der Waals surface area (Å²) in [5.41, 5.74) is 3.16. The quantitative estimate of drug-likeness (QED) is 0.493. The summed E-state index contributed by atoms with van der Waals surface area (Å²) < 4.78 is 31.2. The molecule has 1 aliphatic heterocycles. The minimum Gasteiger partial charge on any atom is -0.279 e.